The number of carbonyl (C=O) groups is 2. The number of allylic oxidation sites excluding steroid dienone is 2. The number of amides is 1. The summed E-state index contributed by atoms with van der Waals surface area (Å²) in [5.41, 5.74) is 1.18. The fourth-order valence-electron chi connectivity index (χ4n) is 3.35. The van der Waals surface area contributed by atoms with Gasteiger partial charge in [0, 0.05) is 25.2 Å². The van der Waals surface area contributed by atoms with Gasteiger partial charge in [-0.1, -0.05) is 6.08 Å². The van der Waals surface area contributed by atoms with Gasteiger partial charge in [-0.3, -0.25) is 14.5 Å². The maximum absolute atomic E-state index is 12.5. The quantitative estimate of drug-likeness (QED) is 0.815. The first-order valence-corrected chi connectivity index (χ1v) is 8.03. The van der Waals surface area contributed by atoms with Crippen molar-refractivity contribution in [3.63, 3.8) is 0 Å². The van der Waals surface area contributed by atoms with E-state index in [9.17, 15) is 9.59 Å². The van der Waals surface area contributed by atoms with Gasteiger partial charge in [0.1, 0.15) is 0 Å². The minimum absolute atomic E-state index is 0.154. The van der Waals surface area contributed by atoms with Crippen LogP contribution in [0.3, 0.4) is 0 Å². The summed E-state index contributed by atoms with van der Waals surface area (Å²) in [5, 5.41) is 8.84. The monoisotopic (exact) mass is 294 g/mol. The normalized spacial score (nSPS) is 22.9. The molecular weight excluding hydrogens is 268 g/mol. The molecule has 118 valence electrons. The molecule has 0 bridgehead atoms. The molecule has 1 saturated heterocycles. The second-order valence-corrected chi connectivity index (χ2v) is 6.07. The Balaban J connectivity index is 1.85. The molecule has 1 fully saturated rings. The fourth-order valence-corrected chi connectivity index (χ4v) is 3.35. The van der Waals surface area contributed by atoms with Crippen LogP contribution >= 0.6 is 0 Å². The zero-order valence-corrected chi connectivity index (χ0v) is 12.9. The molecule has 1 unspecified atom stereocenters. The highest BCUT2D eigenvalue weighted by molar-refractivity contribution is 5.80. The van der Waals surface area contributed by atoms with E-state index in [1.807, 2.05) is 11.8 Å². The molecule has 2 aliphatic rings. The van der Waals surface area contributed by atoms with Crippen molar-refractivity contribution in [2.24, 2.45) is 5.92 Å². The maximum atomic E-state index is 12.5. The third kappa shape index (κ3) is 4.56. The number of likely N-dealkylation sites (N-methyl/N-ethyl adjacent to an activating group) is 1. The lowest BCUT2D eigenvalue weighted by atomic mass is 10.0. The topological polar surface area (TPSA) is 60.9 Å². The molecule has 1 aliphatic heterocycles. The first kappa shape index (κ1) is 16.0. The predicted molar refractivity (Wildman–Crippen MR) is 80.7 cm³/mol. The Morgan fingerprint density at radius 3 is 2.86 bits per heavy atom. The van der Waals surface area contributed by atoms with Crippen molar-refractivity contribution in [3.05, 3.63) is 11.8 Å². The van der Waals surface area contributed by atoms with Gasteiger partial charge in [-0.05, 0) is 51.5 Å². The summed E-state index contributed by atoms with van der Waals surface area (Å²) >= 11 is 0. The van der Waals surface area contributed by atoms with E-state index in [2.05, 4.69) is 11.0 Å². The van der Waals surface area contributed by atoms with Crippen LogP contribution in [0.5, 0.6) is 0 Å². The van der Waals surface area contributed by atoms with Crippen LogP contribution in [-0.4, -0.2) is 53.0 Å². The summed E-state index contributed by atoms with van der Waals surface area (Å²) in [6, 6.07) is 0. The lowest BCUT2D eigenvalue weighted by Crippen LogP contribution is -2.39. The van der Waals surface area contributed by atoms with Crippen LogP contribution < -0.4 is 0 Å². The molecule has 1 N–H and O–H groups in total. The van der Waals surface area contributed by atoms with Crippen LogP contribution in [0, 0.1) is 5.92 Å². The first-order chi connectivity index (χ1) is 10.1. The lowest BCUT2D eigenvalue weighted by Gasteiger charge is -2.28. The minimum Gasteiger partial charge on any atom is -0.481 e. The predicted octanol–water partition coefficient (Wildman–Crippen LogP) is 2.09. The van der Waals surface area contributed by atoms with Gasteiger partial charge in [0.05, 0.1) is 6.54 Å². The molecule has 1 aliphatic carbocycles. The molecule has 0 aromatic rings. The minimum atomic E-state index is -0.740. The zero-order chi connectivity index (χ0) is 15.2. The standard InChI is InChI=1S/C16H26N2O3/c1-2-18(14-6-4-3-5-7-14)15(19)12-17-9-8-13(11-17)10-16(20)21/h6,13H,2-5,7-12H2,1H3,(H,20,21). The molecule has 0 spiro atoms. The highest BCUT2D eigenvalue weighted by Gasteiger charge is 2.27. The smallest absolute Gasteiger partial charge is 0.303 e. The Labute approximate surface area is 126 Å². The van der Waals surface area contributed by atoms with Gasteiger partial charge in [0.15, 0.2) is 0 Å². The number of hydrogen-bond donors (Lipinski definition) is 1. The Kier molecular flexibility index (Phi) is 5.79. The van der Waals surface area contributed by atoms with E-state index in [0.717, 1.165) is 38.9 Å². The highest BCUT2D eigenvalue weighted by Crippen LogP contribution is 2.23. The van der Waals surface area contributed by atoms with E-state index >= 15 is 0 Å². The number of rotatable bonds is 6. The van der Waals surface area contributed by atoms with Crippen LogP contribution in [0.4, 0.5) is 0 Å². The van der Waals surface area contributed by atoms with E-state index < -0.39 is 5.97 Å². The largest absolute Gasteiger partial charge is 0.481 e. The molecule has 21 heavy (non-hydrogen) atoms. The summed E-state index contributed by atoms with van der Waals surface area (Å²) in [7, 11) is 0. The molecule has 5 nitrogen and oxygen atoms in total. The summed E-state index contributed by atoms with van der Waals surface area (Å²) in [5.74, 6) is -0.392. The molecule has 1 atom stereocenters. The van der Waals surface area contributed by atoms with Crippen LogP contribution in [0.1, 0.15) is 45.4 Å². The van der Waals surface area contributed by atoms with Crippen molar-refractivity contribution in [1.29, 1.82) is 0 Å². The van der Waals surface area contributed by atoms with Crippen LogP contribution in [0.25, 0.3) is 0 Å². The van der Waals surface area contributed by atoms with Crippen LogP contribution in [-0.2, 0) is 9.59 Å². The van der Waals surface area contributed by atoms with E-state index in [0.29, 0.717) is 6.54 Å². The van der Waals surface area contributed by atoms with E-state index in [1.54, 1.807) is 0 Å². The Morgan fingerprint density at radius 1 is 1.43 bits per heavy atom. The Morgan fingerprint density at radius 2 is 2.24 bits per heavy atom. The summed E-state index contributed by atoms with van der Waals surface area (Å²) < 4.78 is 0. The van der Waals surface area contributed by atoms with Gasteiger partial charge in [0.25, 0.3) is 0 Å². The average molecular weight is 294 g/mol. The van der Waals surface area contributed by atoms with Gasteiger partial charge in [-0.25, -0.2) is 0 Å². The van der Waals surface area contributed by atoms with E-state index in [-0.39, 0.29) is 18.2 Å². The van der Waals surface area contributed by atoms with Gasteiger partial charge in [-0.15, -0.1) is 0 Å². The number of aliphatic carboxylic acids is 1. The molecule has 5 heteroatoms. The Hall–Kier alpha value is -1.36. The first-order valence-electron chi connectivity index (χ1n) is 8.03. The Bertz CT molecular complexity index is 420. The molecule has 1 heterocycles. The maximum Gasteiger partial charge on any atom is 0.303 e. The van der Waals surface area contributed by atoms with Crippen LogP contribution in [0.2, 0.25) is 0 Å². The van der Waals surface area contributed by atoms with Gasteiger partial charge >= 0.3 is 5.97 Å². The van der Waals surface area contributed by atoms with Crippen molar-refractivity contribution >= 4 is 11.9 Å². The number of hydrogen-bond acceptors (Lipinski definition) is 3. The lowest BCUT2D eigenvalue weighted by molar-refractivity contribution is -0.138. The molecule has 0 aromatic heterocycles. The molecule has 0 aromatic carbocycles. The van der Waals surface area contributed by atoms with Crippen molar-refractivity contribution in [3.8, 4) is 0 Å². The summed E-state index contributed by atoms with van der Waals surface area (Å²) in [6.07, 6.45) is 7.76. The number of nitrogens with zero attached hydrogens (tertiary/aromatic N) is 2. The van der Waals surface area contributed by atoms with Crippen molar-refractivity contribution < 1.29 is 14.7 Å². The second kappa shape index (κ2) is 7.59. The van der Waals surface area contributed by atoms with Crippen molar-refractivity contribution in [2.75, 3.05) is 26.2 Å². The van der Waals surface area contributed by atoms with Crippen molar-refractivity contribution in [2.45, 2.75) is 45.4 Å². The van der Waals surface area contributed by atoms with E-state index in [1.165, 1.54) is 18.5 Å². The number of carboxylic acid groups (broad SMARTS) is 1. The molecular formula is C16H26N2O3. The number of carbonyl (C=O) groups excluding carboxylic acids is 1. The highest BCUT2D eigenvalue weighted by atomic mass is 16.4. The summed E-state index contributed by atoms with van der Waals surface area (Å²) in [6.45, 7) is 4.72. The fraction of sp³-hybridized carbons (Fsp3) is 0.750. The molecule has 1 amide bonds. The average Bonchev–Trinajstić information content (AvgIpc) is 2.87. The van der Waals surface area contributed by atoms with Gasteiger partial charge < -0.3 is 10.0 Å². The summed E-state index contributed by atoms with van der Waals surface area (Å²) in [4.78, 5) is 27.2. The van der Waals surface area contributed by atoms with Crippen LogP contribution in [0.15, 0.2) is 11.8 Å². The molecule has 0 radical (unpaired) electrons. The third-order valence-electron chi connectivity index (χ3n) is 4.42. The van der Waals surface area contributed by atoms with Crippen molar-refractivity contribution in [1.82, 2.24) is 9.80 Å². The number of likely N-dealkylation sites (tertiary alicyclic amines) is 1. The van der Waals surface area contributed by atoms with E-state index in [4.69, 9.17) is 5.11 Å². The molecule has 0 saturated carbocycles. The zero-order valence-electron chi connectivity index (χ0n) is 12.9. The number of carboxylic acids is 1. The third-order valence-corrected chi connectivity index (χ3v) is 4.42. The molecule has 2 rings (SSSR count). The van der Waals surface area contributed by atoms with Gasteiger partial charge in [0.2, 0.25) is 5.91 Å². The SMILES string of the molecule is CCN(C(=O)CN1CCC(CC(=O)O)C1)C1=CCCCC1. The second-order valence-electron chi connectivity index (χ2n) is 6.07. The van der Waals surface area contributed by atoms with Gasteiger partial charge in [-0.2, -0.15) is 0 Å².